The van der Waals surface area contributed by atoms with Gasteiger partial charge in [-0.25, -0.2) is 0 Å². The number of hydrogen-bond donors (Lipinski definition) is 2. The summed E-state index contributed by atoms with van der Waals surface area (Å²) >= 11 is 0. The van der Waals surface area contributed by atoms with Crippen molar-refractivity contribution in [3.8, 4) is 6.07 Å². The zero-order valence-corrected chi connectivity index (χ0v) is 8.64. The lowest BCUT2D eigenvalue weighted by Crippen LogP contribution is -2.37. The first-order chi connectivity index (χ1) is 6.12. The molecule has 2 N–H and O–H groups in total. The summed E-state index contributed by atoms with van der Waals surface area (Å²) in [6.45, 7) is 5.33. The summed E-state index contributed by atoms with van der Waals surface area (Å²) in [5, 5.41) is 21.2. The molecule has 0 saturated carbocycles. The van der Waals surface area contributed by atoms with Crippen LogP contribution in [0.3, 0.4) is 0 Å². The van der Waals surface area contributed by atoms with Gasteiger partial charge in [-0.1, -0.05) is 13.3 Å². The summed E-state index contributed by atoms with van der Waals surface area (Å²) in [7, 11) is 0. The van der Waals surface area contributed by atoms with Crippen LogP contribution in [0.15, 0.2) is 0 Å². The SMILES string of the molecule is CCCC(C)(O)CNCCCC#N. The molecule has 0 heterocycles. The molecule has 0 bridgehead atoms. The van der Waals surface area contributed by atoms with Crippen molar-refractivity contribution in [1.82, 2.24) is 5.32 Å². The third kappa shape index (κ3) is 7.76. The van der Waals surface area contributed by atoms with E-state index in [1.807, 2.05) is 6.92 Å². The number of nitrogens with zero attached hydrogens (tertiary/aromatic N) is 1. The van der Waals surface area contributed by atoms with E-state index >= 15 is 0 Å². The zero-order valence-electron chi connectivity index (χ0n) is 8.64. The first-order valence-corrected chi connectivity index (χ1v) is 4.92. The van der Waals surface area contributed by atoms with Crippen molar-refractivity contribution in [3.63, 3.8) is 0 Å². The van der Waals surface area contributed by atoms with Crippen molar-refractivity contribution < 1.29 is 5.11 Å². The molecule has 0 fully saturated rings. The van der Waals surface area contributed by atoms with Gasteiger partial charge >= 0.3 is 0 Å². The number of nitrogens with one attached hydrogen (secondary N) is 1. The Bertz CT molecular complexity index is 161. The van der Waals surface area contributed by atoms with Crippen molar-refractivity contribution in [3.05, 3.63) is 0 Å². The van der Waals surface area contributed by atoms with Gasteiger partial charge in [0.2, 0.25) is 0 Å². The summed E-state index contributed by atoms with van der Waals surface area (Å²) in [4.78, 5) is 0. The van der Waals surface area contributed by atoms with E-state index in [0.29, 0.717) is 13.0 Å². The Morgan fingerprint density at radius 2 is 2.23 bits per heavy atom. The zero-order chi connectivity index (χ0) is 10.2. The molecule has 0 radical (unpaired) electrons. The lowest BCUT2D eigenvalue weighted by atomic mass is 10.0. The Balaban J connectivity index is 3.36. The van der Waals surface area contributed by atoms with Crippen LogP contribution in [0.5, 0.6) is 0 Å². The normalized spacial score (nSPS) is 14.9. The molecule has 1 atom stereocenters. The Morgan fingerprint density at radius 1 is 1.54 bits per heavy atom. The fourth-order valence-corrected chi connectivity index (χ4v) is 1.28. The van der Waals surface area contributed by atoms with Gasteiger partial charge in [-0.05, 0) is 26.3 Å². The van der Waals surface area contributed by atoms with Crippen LogP contribution in [0.4, 0.5) is 0 Å². The number of nitriles is 1. The third-order valence-corrected chi connectivity index (χ3v) is 1.94. The monoisotopic (exact) mass is 184 g/mol. The fourth-order valence-electron chi connectivity index (χ4n) is 1.28. The van der Waals surface area contributed by atoms with Crippen LogP contribution >= 0.6 is 0 Å². The van der Waals surface area contributed by atoms with Crippen molar-refractivity contribution in [2.45, 2.75) is 45.1 Å². The Hall–Kier alpha value is -0.590. The molecule has 76 valence electrons. The molecule has 0 aromatic carbocycles. The molecular formula is C10H20N2O. The van der Waals surface area contributed by atoms with E-state index in [0.717, 1.165) is 25.8 Å². The molecule has 0 aromatic rings. The minimum Gasteiger partial charge on any atom is -0.389 e. The summed E-state index contributed by atoms with van der Waals surface area (Å²) in [5.74, 6) is 0. The average Bonchev–Trinajstić information content (AvgIpc) is 2.04. The molecule has 0 saturated heterocycles. The number of rotatable bonds is 7. The summed E-state index contributed by atoms with van der Waals surface area (Å²) in [5.41, 5.74) is -0.596. The lowest BCUT2D eigenvalue weighted by molar-refractivity contribution is 0.0502. The van der Waals surface area contributed by atoms with Gasteiger partial charge in [0.15, 0.2) is 0 Å². The van der Waals surface area contributed by atoms with Crippen molar-refractivity contribution >= 4 is 0 Å². The van der Waals surface area contributed by atoms with Crippen LogP contribution in [0.2, 0.25) is 0 Å². The van der Waals surface area contributed by atoms with Gasteiger partial charge in [-0.3, -0.25) is 0 Å². The van der Waals surface area contributed by atoms with Crippen LogP contribution in [-0.4, -0.2) is 23.8 Å². The van der Waals surface area contributed by atoms with E-state index < -0.39 is 5.60 Å². The van der Waals surface area contributed by atoms with E-state index in [2.05, 4.69) is 18.3 Å². The first kappa shape index (κ1) is 12.4. The second-order valence-electron chi connectivity index (χ2n) is 3.69. The highest BCUT2D eigenvalue weighted by Crippen LogP contribution is 2.09. The number of unbranched alkanes of at least 4 members (excludes halogenated alkanes) is 1. The molecule has 0 aliphatic rings. The van der Waals surface area contributed by atoms with E-state index in [9.17, 15) is 5.11 Å². The van der Waals surface area contributed by atoms with E-state index in [1.54, 1.807) is 0 Å². The van der Waals surface area contributed by atoms with Crippen LogP contribution < -0.4 is 5.32 Å². The van der Waals surface area contributed by atoms with Crippen molar-refractivity contribution in [2.75, 3.05) is 13.1 Å². The second-order valence-corrected chi connectivity index (χ2v) is 3.69. The van der Waals surface area contributed by atoms with E-state index in [1.165, 1.54) is 0 Å². The van der Waals surface area contributed by atoms with Crippen LogP contribution in [0.1, 0.15) is 39.5 Å². The highest BCUT2D eigenvalue weighted by molar-refractivity contribution is 4.75. The molecule has 0 aromatic heterocycles. The highest BCUT2D eigenvalue weighted by Gasteiger charge is 2.17. The van der Waals surface area contributed by atoms with Crippen LogP contribution in [0, 0.1) is 11.3 Å². The van der Waals surface area contributed by atoms with E-state index in [-0.39, 0.29) is 0 Å². The molecule has 0 amide bonds. The van der Waals surface area contributed by atoms with Gasteiger partial charge in [0.1, 0.15) is 0 Å². The maximum absolute atomic E-state index is 9.74. The predicted molar refractivity (Wildman–Crippen MR) is 53.2 cm³/mol. The summed E-state index contributed by atoms with van der Waals surface area (Å²) in [6, 6.07) is 2.09. The third-order valence-electron chi connectivity index (χ3n) is 1.94. The van der Waals surface area contributed by atoms with Crippen LogP contribution in [0.25, 0.3) is 0 Å². The smallest absolute Gasteiger partial charge is 0.0743 e. The molecule has 0 aliphatic heterocycles. The topological polar surface area (TPSA) is 56.0 Å². The molecule has 0 spiro atoms. The lowest BCUT2D eigenvalue weighted by Gasteiger charge is -2.22. The maximum atomic E-state index is 9.74. The van der Waals surface area contributed by atoms with Crippen LogP contribution in [-0.2, 0) is 0 Å². The molecule has 0 rings (SSSR count). The minimum absolute atomic E-state index is 0.586. The predicted octanol–water partition coefficient (Wildman–Crippen LogP) is 1.43. The quantitative estimate of drug-likeness (QED) is 0.588. The molecule has 1 unspecified atom stereocenters. The van der Waals surface area contributed by atoms with Gasteiger partial charge < -0.3 is 10.4 Å². The molecule has 3 nitrogen and oxygen atoms in total. The highest BCUT2D eigenvalue weighted by atomic mass is 16.3. The number of hydrogen-bond acceptors (Lipinski definition) is 3. The summed E-state index contributed by atoms with van der Waals surface area (Å²) < 4.78 is 0. The van der Waals surface area contributed by atoms with E-state index in [4.69, 9.17) is 5.26 Å². The molecular weight excluding hydrogens is 164 g/mol. The van der Waals surface area contributed by atoms with Crippen molar-refractivity contribution in [1.29, 1.82) is 5.26 Å². The minimum atomic E-state index is -0.596. The van der Waals surface area contributed by atoms with Gasteiger partial charge in [0.25, 0.3) is 0 Å². The molecule has 13 heavy (non-hydrogen) atoms. The average molecular weight is 184 g/mol. The van der Waals surface area contributed by atoms with Crippen molar-refractivity contribution in [2.24, 2.45) is 0 Å². The molecule has 3 heteroatoms. The summed E-state index contributed by atoms with van der Waals surface area (Å²) in [6.07, 6.45) is 3.26. The molecule has 0 aliphatic carbocycles. The Labute approximate surface area is 80.8 Å². The Morgan fingerprint density at radius 3 is 2.77 bits per heavy atom. The Kier molecular flexibility index (Phi) is 6.56. The van der Waals surface area contributed by atoms with Gasteiger partial charge in [0.05, 0.1) is 11.7 Å². The fraction of sp³-hybridized carbons (Fsp3) is 0.900. The standard InChI is InChI=1S/C10H20N2O/c1-3-6-10(2,13)9-12-8-5-4-7-11/h12-13H,3-6,8-9H2,1-2H3. The number of aliphatic hydroxyl groups is 1. The largest absolute Gasteiger partial charge is 0.389 e. The van der Waals surface area contributed by atoms with Gasteiger partial charge in [-0.15, -0.1) is 0 Å². The van der Waals surface area contributed by atoms with Gasteiger partial charge in [-0.2, -0.15) is 5.26 Å². The second kappa shape index (κ2) is 6.88. The van der Waals surface area contributed by atoms with Gasteiger partial charge in [0, 0.05) is 13.0 Å². The maximum Gasteiger partial charge on any atom is 0.0743 e. The first-order valence-electron chi connectivity index (χ1n) is 4.92.